The van der Waals surface area contributed by atoms with Gasteiger partial charge >= 0.3 is 0 Å². The predicted octanol–water partition coefficient (Wildman–Crippen LogP) is -0.136. The highest BCUT2D eigenvalue weighted by Crippen LogP contribution is 2.04. The summed E-state index contributed by atoms with van der Waals surface area (Å²) in [5.41, 5.74) is 1.23. The van der Waals surface area contributed by atoms with Crippen molar-refractivity contribution in [1.82, 2.24) is 25.9 Å². The number of tetrazole rings is 1. The van der Waals surface area contributed by atoms with Crippen LogP contribution in [0.2, 0.25) is 0 Å². The number of aromatic nitrogens is 4. The van der Waals surface area contributed by atoms with E-state index in [1.54, 1.807) is 24.3 Å². The van der Waals surface area contributed by atoms with E-state index in [0.29, 0.717) is 17.8 Å². The summed E-state index contributed by atoms with van der Waals surface area (Å²) in [6, 6.07) is 6.95. The van der Waals surface area contributed by atoms with Crippen molar-refractivity contribution in [2.24, 2.45) is 0 Å². The van der Waals surface area contributed by atoms with Crippen molar-refractivity contribution < 1.29 is 9.90 Å². The lowest BCUT2D eigenvalue weighted by Gasteiger charge is -2.02. The van der Waals surface area contributed by atoms with Crippen molar-refractivity contribution in [3.05, 3.63) is 41.2 Å². The number of aliphatic hydroxyl groups is 1. The quantitative estimate of drug-likeness (QED) is 0.672. The molecule has 0 aliphatic rings. The average molecular weight is 271 g/mol. The van der Waals surface area contributed by atoms with Crippen LogP contribution in [-0.4, -0.2) is 38.2 Å². The van der Waals surface area contributed by atoms with Crippen LogP contribution < -0.4 is 5.32 Å². The van der Waals surface area contributed by atoms with Crippen molar-refractivity contribution in [2.45, 2.75) is 13.0 Å². The molecule has 0 saturated heterocycles. The first kappa shape index (κ1) is 13.7. The molecule has 2 rings (SSSR count). The molecule has 0 saturated carbocycles. The monoisotopic (exact) mass is 271 g/mol. The Morgan fingerprint density at radius 2 is 2.35 bits per heavy atom. The summed E-state index contributed by atoms with van der Waals surface area (Å²) in [7, 11) is 0. The first-order valence-electron chi connectivity index (χ1n) is 6.00. The van der Waals surface area contributed by atoms with Gasteiger partial charge in [0.1, 0.15) is 0 Å². The van der Waals surface area contributed by atoms with Crippen LogP contribution in [0.1, 0.15) is 28.2 Å². The van der Waals surface area contributed by atoms with Crippen LogP contribution in [0.3, 0.4) is 0 Å². The summed E-state index contributed by atoms with van der Waals surface area (Å²) < 4.78 is 0. The Morgan fingerprint density at radius 1 is 1.45 bits per heavy atom. The molecule has 1 aromatic heterocycles. The van der Waals surface area contributed by atoms with E-state index < -0.39 is 0 Å². The van der Waals surface area contributed by atoms with E-state index in [1.165, 1.54) is 0 Å². The first-order valence-corrected chi connectivity index (χ1v) is 6.00. The SMILES string of the molecule is O=C(NCc1nn[nH]n1)c1cccc(C#CCCO)c1. The van der Waals surface area contributed by atoms with Crippen LogP contribution in [0.4, 0.5) is 0 Å². The van der Waals surface area contributed by atoms with E-state index in [1.807, 2.05) is 0 Å². The van der Waals surface area contributed by atoms with Crippen molar-refractivity contribution in [2.75, 3.05) is 6.61 Å². The number of H-pyrrole nitrogens is 1. The molecule has 102 valence electrons. The summed E-state index contributed by atoms with van der Waals surface area (Å²) in [5, 5.41) is 24.5. The Hall–Kier alpha value is -2.72. The molecule has 0 atom stereocenters. The Balaban J connectivity index is 1.99. The number of aliphatic hydroxyl groups excluding tert-OH is 1. The standard InChI is InChI=1S/C13H13N5O2/c19-7-2-1-4-10-5-3-6-11(8-10)13(20)14-9-12-15-17-18-16-12/h3,5-6,8,19H,2,7,9H2,(H,14,20)(H,15,16,17,18). The van der Waals surface area contributed by atoms with E-state index in [9.17, 15) is 4.79 Å². The van der Waals surface area contributed by atoms with E-state index in [0.717, 1.165) is 5.56 Å². The minimum atomic E-state index is -0.236. The summed E-state index contributed by atoms with van der Waals surface area (Å²) in [4.78, 5) is 11.9. The van der Waals surface area contributed by atoms with Gasteiger partial charge in [-0.3, -0.25) is 4.79 Å². The fourth-order valence-electron chi connectivity index (χ4n) is 1.48. The lowest BCUT2D eigenvalue weighted by atomic mass is 10.1. The Kier molecular flexibility index (Phi) is 4.81. The largest absolute Gasteiger partial charge is 0.395 e. The van der Waals surface area contributed by atoms with Crippen LogP contribution >= 0.6 is 0 Å². The summed E-state index contributed by atoms with van der Waals surface area (Å²) in [5.74, 6) is 5.87. The minimum Gasteiger partial charge on any atom is -0.395 e. The number of nitrogens with zero attached hydrogens (tertiary/aromatic N) is 3. The second-order valence-electron chi connectivity index (χ2n) is 3.87. The van der Waals surface area contributed by atoms with Gasteiger partial charge in [-0.2, -0.15) is 5.21 Å². The number of aromatic amines is 1. The summed E-state index contributed by atoms with van der Waals surface area (Å²) in [6.07, 6.45) is 0.411. The molecule has 0 fully saturated rings. The van der Waals surface area contributed by atoms with Crippen molar-refractivity contribution in [1.29, 1.82) is 0 Å². The van der Waals surface area contributed by atoms with Gasteiger partial charge in [0.05, 0.1) is 13.2 Å². The van der Waals surface area contributed by atoms with Crippen molar-refractivity contribution in [3.8, 4) is 11.8 Å². The Labute approximate surface area is 115 Å². The molecule has 0 radical (unpaired) electrons. The van der Waals surface area contributed by atoms with Crippen LogP contribution in [0.5, 0.6) is 0 Å². The molecule has 0 aliphatic carbocycles. The molecular formula is C13H13N5O2. The molecule has 2 aromatic rings. The highest BCUT2D eigenvalue weighted by Gasteiger charge is 2.06. The van der Waals surface area contributed by atoms with Gasteiger partial charge < -0.3 is 10.4 Å². The van der Waals surface area contributed by atoms with Gasteiger partial charge in [-0.25, -0.2) is 0 Å². The number of carbonyl (C=O) groups is 1. The molecule has 0 unspecified atom stereocenters. The average Bonchev–Trinajstić information content (AvgIpc) is 2.99. The van der Waals surface area contributed by atoms with Gasteiger partial charge in [0.25, 0.3) is 5.91 Å². The third-order valence-electron chi connectivity index (χ3n) is 2.39. The highest BCUT2D eigenvalue weighted by atomic mass is 16.2. The molecule has 20 heavy (non-hydrogen) atoms. The van der Waals surface area contributed by atoms with Crippen LogP contribution in [0, 0.1) is 11.8 Å². The molecule has 1 amide bonds. The molecule has 1 heterocycles. The number of amides is 1. The topological polar surface area (TPSA) is 104 Å². The van der Waals surface area contributed by atoms with Gasteiger partial charge in [-0.1, -0.05) is 23.1 Å². The van der Waals surface area contributed by atoms with Crippen molar-refractivity contribution >= 4 is 5.91 Å². The number of hydrogen-bond donors (Lipinski definition) is 3. The fraction of sp³-hybridized carbons (Fsp3) is 0.231. The van der Waals surface area contributed by atoms with Crippen LogP contribution in [0.15, 0.2) is 24.3 Å². The molecule has 3 N–H and O–H groups in total. The van der Waals surface area contributed by atoms with Gasteiger partial charge in [0, 0.05) is 17.5 Å². The second kappa shape index (κ2) is 7.01. The lowest BCUT2D eigenvalue weighted by Crippen LogP contribution is -2.23. The summed E-state index contributed by atoms with van der Waals surface area (Å²) in [6.45, 7) is 0.230. The van der Waals surface area contributed by atoms with Crippen LogP contribution in [0.25, 0.3) is 0 Å². The number of carbonyl (C=O) groups excluding carboxylic acids is 1. The molecule has 0 bridgehead atoms. The number of rotatable bonds is 4. The molecule has 0 spiro atoms. The molecule has 7 heteroatoms. The van der Waals surface area contributed by atoms with E-state index >= 15 is 0 Å². The number of benzene rings is 1. The zero-order valence-corrected chi connectivity index (χ0v) is 10.6. The smallest absolute Gasteiger partial charge is 0.251 e. The first-order chi connectivity index (χ1) is 9.79. The fourth-order valence-corrected chi connectivity index (χ4v) is 1.48. The zero-order valence-electron chi connectivity index (χ0n) is 10.6. The lowest BCUT2D eigenvalue weighted by molar-refractivity contribution is 0.0950. The van der Waals surface area contributed by atoms with Gasteiger partial charge in [-0.05, 0) is 18.2 Å². The molecule has 1 aromatic carbocycles. The normalized spacial score (nSPS) is 9.65. The number of nitrogens with one attached hydrogen (secondary N) is 2. The Morgan fingerprint density at radius 3 is 3.10 bits per heavy atom. The maximum Gasteiger partial charge on any atom is 0.251 e. The molecule has 7 nitrogen and oxygen atoms in total. The third-order valence-corrected chi connectivity index (χ3v) is 2.39. The van der Waals surface area contributed by atoms with E-state index in [-0.39, 0.29) is 19.1 Å². The zero-order chi connectivity index (χ0) is 14.2. The molecule has 0 aliphatic heterocycles. The second-order valence-corrected chi connectivity index (χ2v) is 3.87. The number of hydrogen-bond acceptors (Lipinski definition) is 5. The molecular weight excluding hydrogens is 258 g/mol. The Bertz CT molecular complexity index is 628. The van der Waals surface area contributed by atoms with E-state index in [4.69, 9.17) is 5.11 Å². The van der Waals surface area contributed by atoms with Gasteiger partial charge in [0.2, 0.25) is 0 Å². The minimum absolute atomic E-state index is 0.0257. The third kappa shape index (κ3) is 3.90. The van der Waals surface area contributed by atoms with Crippen molar-refractivity contribution in [3.63, 3.8) is 0 Å². The predicted molar refractivity (Wildman–Crippen MR) is 70.4 cm³/mol. The van der Waals surface area contributed by atoms with E-state index in [2.05, 4.69) is 37.8 Å². The highest BCUT2D eigenvalue weighted by molar-refractivity contribution is 5.94. The van der Waals surface area contributed by atoms with Crippen LogP contribution in [-0.2, 0) is 6.54 Å². The van der Waals surface area contributed by atoms with Gasteiger partial charge in [0.15, 0.2) is 5.82 Å². The van der Waals surface area contributed by atoms with Gasteiger partial charge in [-0.15, -0.1) is 10.2 Å². The maximum atomic E-state index is 11.9. The summed E-state index contributed by atoms with van der Waals surface area (Å²) >= 11 is 0. The maximum absolute atomic E-state index is 11.9.